The molecule has 0 amide bonds. The topological polar surface area (TPSA) is 0 Å². The van der Waals surface area contributed by atoms with Crippen molar-refractivity contribution in [1.82, 2.24) is 0 Å². The van der Waals surface area contributed by atoms with Crippen LogP contribution in [0.5, 0.6) is 0 Å². The molecule has 0 heterocycles. The quantitative estimate of drug-likeness (QED) is 0.470. The Morgan fingerprint density at radius 3 is 1.64 bits per heavy atom. The first-order chi connectivity index (χ1) is 11.6. The number of hydrogen-bond donors (Lipinski definition) is 0. The molecule has 0 atom stereocenters. The summed E-state index contributed by atoms with van der Waals surface area (Å²) in [5.74, 6) is 0. The van der Waals surface area contributed by atoms with Crippen LogP contribution in [0.3, 0.4) is 0 Å². The van der Waals surface area contributed by atoms with Crippen molar-refractivity contribution in [3.05, 3.63) is 90.5 Å². The highest BCUT2D eigenvalue weighted by molar-refractivity contribution is 8.93. The van der Waals surface area contributed by atoms with E-state index in [0.29, 0.717) is 0 Å². The first-order valence-electron chi connectivity index (χ1n) is 8.62. The zero-order valence-electron chi connectivity index (χ0n) is 15.1. The monoisotopic (exact) mass is 412 g/mol. The largest absolute Gasteiger partial charge is 0.114 e. The van der Waals surface area contributed by atoms with Crippen molar-refractivity contribution < 1.29 is 0 Å². The van der Waals surface area contributed by atoms with Gasteiger partial charge in [-0.2, -0.15) is 0 Å². The number of rotatable bonds is 5. The smallest absolute Gasteiger partial charge is 0.0106 e. The molecule has 0 aliphatic rings. The van der Waals surface area contributed by atoms with E-state index < -0.39 is 7.92 Å². The third-order valence-corrected chi connectivity index (χ3v) is 7.22. The van der Waals surface area contributed by atoms with E-state index in [1.165, 1.54) is 21.5 Å². The van der Waals surface area contributed by atoms with Crippen molar-refractivity contribution in [1.29, 1.82) is 0 Å². The van der Waals surface area contributed by atoms with Crippen LogP contribution in [0.25, 0.3) is 0 Å². The Balaban J connectivity index is 0.00000225. The summed E-state index contributed by atoms with van der Waals surface area (Å²) < 4.78 is 0. The first-order valence-corrected chi connectivity index (χ1v) is 9.97. The molecule has 0 unspecified atom stereocenters. The van der Waals surface area contributed by atoms with Crippen LogP contribution in [0.1, 0.15) is 32.8 Å². The normalized spacial score (nSPS) is 11.2. The SMILES string of the molecule is Br.CCC(C)(C)c1cccc(P(c2ccccc2)c2ccccc2)c1. The van der Waals surface area contributed by atoms with Gasteiger partial charge in [0.15, 0.2) is 0 Å². The molecule has 0 saturated carbocycles. The fourth-order valence-corrected chi connectivity index (χ4v) is 5.21. The van der Waals surface area contributed by atoms with Gasteiger partial charge in [-0.05, 0) is 41.2 Å². The molecule has 3 aromatic carbocycles. The van der Waals surface area contributed by atoms with Crippen LogP contribution in [0, 0.1) is 0 Å². The van der Waals surface area contributed by atoms with E-state index in [1.54, 1.807) is 0 Å². The molecule has 0 radical (unpaired) electrons. The van der Waals surface area contributed by atoms with Crippen LogP contribution in [0.2, 0.25) is 0 Å². The molecule has 0 aliphatic carbocycles. The predicted molar refractivity (Wildman–Crippen MR) is 119 cm³/mol. The highest BCUT2D eigenvalue weighted by Crippen LogP contribution is 2.34. The molecule has 0 saturated heterocycles. The van der Waals surface area contributed by atoms with Gasteiger partial charge in [0, 0.05) is 0 Å². The van der Waals surface area contributed by atoms with Gasteiger partial charge in [-0.1, -0.05) is 106 Å². The minimum Gasteiger partial charge on any atom is -0.114 e. The standard InChI is InChI=1S/C23H25P.BrH/c1-4-23(2,3)19-12-11-17-22(18-19)24(20-13-7-5-8-14-20)21-15-9-6-10-16-21;/h5-18H,4H2,1-3H3;1H. The fourth-order valence-electron chi connectivity index (χ4n) is 2.87. The van der Waals surface area contributed by atoms with Gasteiger partial charge >= 0.3 is 0 Å². The highest BCUT2D eigenvalue weighted by atomic mass is 79.9. The lowest BCUT2D eigenvalue weighted by Gasteiger charge is -2.26. The molecule has 25 heavy (non-hydrogen) atoms. The zero-order chi connectivity index (χ0) is 17.0. The van der Waals surface area contributed by atoms with Gasteiger partial charge < -0.3 is 0 Å². The second-order valence-electron chi connectivity index (χ2n) is 6.79. The lowest BCUT2D eigenvalue weighted by molar-refractivity contribution is 0.506. The summed E-state index contributed by atoms with van der Waals surface area (Å²) in [6, 6.07) is 31.0. The Bertz CT molecular complexity index is 742. The predicted octanol–water partition coefficient (Wildman–Crippen LogP) is 5.71. The Morgan fingerprint density at radius 2 is 1.16 bits per heavy atom. The first kappa shape index (κ1) is 19.9. The molecule has 2 heteroatoms. The summed E-state index contributed by atoms with van der Waals surface area (Å²) in [6.07, 6.45) is 1.14. The molecular formula is C23H26BrP. The average molecular weight is 413 g/mol. The molecule has 0 aliphatic heterocycles. The van der Waals surface area contributed by atoms with Gasteiger partial charge in [0.25, 0.3) is 0 Å². The minimum absolute atomic E-state index is 0. The molecule has 0 bridgehead atoms. The summed E-state index contributed by atoms with van der Waals surface area (Å²) in [6.45, 7) is 6.93. The van der Waals surface area contributed by atoms with Gasteiger partial charge in [-0.25, -0.2) is 0 Å². The fraction of sp³-hybridized carbons (Fsp3) is 0.217. The van der Waals surface area contributed by atoms with E-state index in [4.69, 9.17) is 0 Å². The van der Waals surface area contributed by atoms with Gasteiger partial charge in [0.2, 0.25) is 0 Å². The molecule has 0 fully saturated rings. The maximum atomic E-state index is 2.43. The minimum atomic E-state index is -0.514. The molecule has 0 aromatic heterocycles. The molecule has 0 nitrogen and oxygen atoms in total. The third-order valence-electron chi connectivity index (χ3n) is 4.80. The number of hydrogen-bond acceptors (Lipinski definition) is 0. The Labute approximate surface area is 163 Å². The Morgan fingerprint density at radius 1 is 0.680 bits per heavy atom. The van der Waals surface area contributed by atoms with E-state index in [9.17, 15) is 0 Å². The number of halogens is 1. The molecule has 3 aromatic rings. The van der Waals surface area contributed by atoms with Gasteiger partial charge in [-0.3, -0.25) is 0 Å². The Hall–Kier alpha value is -1.43. The van der Waals surface area contributed by atoms with E-state index in [0.717, 1.165) is 6.42 Å². The van der Waals surface area contributed by atoms with E-state index in [-0.39, 0.29) is 22.4 Å². The maximum Gasteiger partial charge on any atom is -0.0106 e. The average Bonchev–Trinajstić information content (AvgIpc) is 2.64. The van der Waals surface area contributed by atoms with Crippen molar-refractivity contribution >= 4 is 40.8 Å². The molecular weight excluding hydrogens is 387 g/mol. The lowest BCUT2D eigenvalue weighted by atomic mass is 9.82. The summed E-state index contributed by atoms with van der Waals surface area (Å²) in [7, 11) is -0.514. The molecule has 0 spiro atoms. The molecule has 3 rings (SSSR count). The maximum absolute atomic E-state index is 2.43. The van der Waals surface area contributed by atoms with Crippen molar-refractivity contribution in [2.75, 3.05) is 0 Å². The second-order valence-corrected chi connectivity index (χ2v) is 9.01. The van der Waals surface area contributed by atoms with Crippen molar-refractivity contribution in [3.8, 4) is 0 Å². The van der Waals surface area contributed by atoms with Gasteiger partial charge in [0.05, 0.1) is 0 Å². The zero-order valence-corrected chi connectivity index (χ0v) is 17.8. The molecule has 130 valence electrons. The lowest BCUT2D eigenvalue weighted by Crippen LogP contribution is -2.23. The van der Waals surface area contributed by atoms with E-state index >= 15 is 0 Å². The van der Waals surface area contributed by atoms with Crippen LogP contribution in [-0.4, -0.2) is 0 Å². The molecule has 0 N–H and O–H groups in total. The summed E-state index contributed by atoms with van der Waals surface area (Å²) in [5, 5.41) is 4.25. The number of benzene rings is 3. The van der Waals surface area contributed by atoms with Crippen LogP contribution in [0.4, 0.5) is 0 Å². The van der Waals surface area contributed by atoms with Crippen LogP contribution >= 0.6 is 24.9 Å². The van der Waals surface area contributed by atoms with E-state index in [1.807, 2.05) is 0 Å². The van der Waals surface area contributed by atoms with Crippen LogP contribution < -0.4 is 15.9 Å². The summed E-state index contributed by atoms with van der Waals surface area (Å²) >= 11 is 0. The second kappa shape index (κ2) is 8.79. The van der Waals surface area contributed by atoms with Crippen molar-refractivity contribution in [3.63, 3.8) is 0 Å². The van der Waals surface area contributed by atoms with Crippen molar-refractivity contribution in [2.24, 2.45) is 0 Å². The summed E-state index contributed by atoms with van der Waals surface area (Å²) in [4.78, 5) is 0. The van der Waals surface area contributed by atoms with Gasteiger partial charge in [0.1, 0.15) is 0 Å². The highest BCUT2D eigenvalue weighted by Gasteiger charge is 2.21. The van der Waals surface area contributed by atoms with Crippen LogP contribution in [-0.2, 0) is 5.41 Å². The third kappa shape index (κ3) is 4.60. The van der Waals surface area contributed by atoms with Gasteiger partial charge in [-0.15, -0.1) is 17.0 Å². The summed E-state index contributed by atoms with van der Waals surface area (Å²) in [5.41, 5.74) is 1.64. The van der Waals surface area contributed by atoms with E-state index in [2.05, 4.69) is 106 Å². The van der Waals surface area contributed by atoms with Crippen LogP contribution in [0.15, 0.2) is 84.9 Å². The van der Waals surface area contributed by atoms with Crippen molar-refractivity contribution in [2.45, 2.75) is 32.6 Å². The Kier molecular flexibility index (Phi) is 6.99.